The van der Waals surface area contributed by atoms with Crippen LogP contribution in [0.4, 0.5) is 0 Å². The van der Waals surface area contributed by atoms with Crippen molar-refractivity contribution in [2.75, 3.05) is 12.8 Å². The van der Waals surface area contributed by atoms with Gasteiger partial charge >= 0.3 is 5.97 Å². The zero-order valence-corrected chi connectivity index (χ0v) is 13.0. The number of hydrogen-bond acceptors (Lipinski definition) is 4. The number of aromatic carboxylic acids is 1. The molecule has 0 atom stereocenters. The normalized spacial score (nSPS) is 11.3. The van der Waals surface area contributed by atoms with Gasteiger partial charge in [-0.15, -0.1) is 11.3 Å². The number of rotatable bonds is 7. The highest BCUT2D eigenvalue weighted by molar-refractivity contribution is 8.00. The Morgan fingerprint density at radius 1 is 1.32 bits per heavy atom. The van der Waals surface area contributed by atoms with Crippen LogP contribution in [0.2, 0.25) is 0 Å². The predicted molar refractivity (Wildman–Crippen MR) is 80.4 cm³/mol. The van der Waals surface area contributed by atoms with E-state index in [2.05, 4.69) is 19.2 Å². The molecule has 6 heteroatoms. The SMILES string of the molecule is CCC(CC)(CNC(=O)c1ccc(C(=O)O)s1)SC. The summed E-state index contributed by atoms with van der Waals surface area (Å²) in [6.45, 7) is 4.82. The number of carboxylic acids is 1. The maximum atomic E-state index is 12.0. The molecule has 0 saturated carbocycles. The summed E-state index contributed by atoms with van der Waals surface area (Å²) in [6, 6.07) is 3.02. The summed E-state index contributed by atoms with van der Waals surface area (Å²) in [6.07, 6.45) is 4.01. The first-order chi connectivity index (χ1) is 8.98. The Morgan fingerprint density at radius 3 is 2.32 bits per heavy atom. The van der Waals surface area contributed by atoms with Crippen LogP contribution in [0.15, 0.2) is 12.1 Å². The number of hydrogen-bond donors (Lipinski definition) is 2. The van der Waals surface area contributed by atoms with Gasteiger partial charge in [-0.1, -0.05) is 13.8 Å². The summed E-state index contributed by atoms with van der Waals surface area (Å²) < 4.78 is 0.0581. The monoisotopic (exact) mass is 301 g/mol. The van der Waals surface area contributed by atoms with Gasteiger partial charge in [0.25, 0.3) is 5.91 Å². The van der Waals surface area contributed by atoms with Crippen molar-refractivity contribution in [2.24, 2.45) is 0 Å². The molecule has 1 heterocycles. The average molecular weight is 301 g/mol. The number of thioether (sulfide) groups is 1. The summed E-state index contributed by atoms with van der Waals surface area (Å²) in [5, 5.41) is 11.7. The lowest BCUT2D eigenvalue weighted by Crippen LogP contribution is -2.39. The van der Waals surface area contributed by atoms with Gasteiger partial charge in [-0.25, -0.2) is 4.79 Å². The molecule has 0 aliphatic heterocycles. The number of amides is 1. The second-order valence-corrected chi connectivity index (χ2v) is 6.60. The van der Waals surface area contributed by atoms with E-state index in [9.17, 15) is 9.59 Å². The van der Waals surface area contributed by atoms with E-state index in [0.717, 1.165) is 24.2 Å². The standard InChI is InChI=1S/C13H19NO3S2/c1-4-13(5-2,18-3)8-14-11(15)9-6-7-10(19-9)12(16)17/h6-7H,4-5,8H2,1-3H3,(H,14,15)(H,16,17). The highest BCUT2D eigenvalue weighted by Crippen LogP contribution is 2.29. The number of carbonyl (C=O) groups is 2. The quantitative estimate of drug-likeness (QED) is 0.812. The Hall–Kier alpha value is -1.01. The lowest BCUT2D eigenvalue weighted by molar-refractivity contribution is 0.0702. The fraction of sp³-hybridized carbons (Fsp3) is 0.538. The molecular weight excluding hydrogens is 282 g/mol. The van der Waals surface area contributed by atoms with E-state index in [1.807, 2.05) is 6.26 Å². The molecule has 0 aromatic carbocycles. The Balaban J connectivity index is 2.66. The molecule has 0 radical (unpaired) electrons. The van der Waals surface area contributed by atoms with E-state index in [1.54, 1.807) is 17.8 Å². The lowest BCUT2D eigenvalue weighted by Gasteiger charge is -2.29. The van der Waals surface area contributed by atoms with E-state index in [-0.39, 0.29) is 15.5 Å². The molecule has 0 aliphatic carbocycles. The molecule has 0 fully saturated rings. The van der Waals surface area contributed by atoms with Crippen molar-refractivity contribution in [1.29, 1.82) is 0 Å². The predicted octanol–water partition coefficient (Wildman–Crippen LogP) is 3.10. The Labute approximate surface area is 121 Å². The van der Waals surface area contributed by atoms with Crippen molar-refractivity contribution in [3.8, 4) is 0 Å². The Kier molecular flexibility index (Phi) is 5.87. The van der Waals surface area contributed by atoms with E-state index in [4.69, 9.17) is 5.11 Å². The van der Waals surface area contributed by atoms with E-state index >= 15 is 0 Å². The van der Waals surface area contributed by atoms with Crippen molar-refractivity contribution < 1.29 is 14.7 Å². The van der Waals surface area contributed by atoms with Gasteiger partial charge in [-0.05, 0) is 31.2 Å². The van der Waals surface area contributed by atoms with Gasteiger partial charge in [0, 0.05) is 11.3 Å². The first kappa shape index (κ1) is 16.0. The highest BCUT2D eigenvalue weighted by atomic mass is 32.2. The van der Waals surface area contributed by atoms with Crippen LogP contribution >= 0.6 is 23.1 Å². The van der Waals surface area contributed by atoms with Gasteiger partial charge < -0.3 is 10.4 Å². The fourth-order valence-corrected chi connectivity index (χ4v) is 3.32. The molecule has 0 unspecified atom stereocenters. The molecule has 1 aromatic rings. The van der Waals surface area contributed by atoms with Gasteiger partial charge in [0.2, 0.25) is 0 Å². The fourth-order valence-electron chi connectivity index (χ4n) is 1.76. The maximum absolute atomic E-state index is 12.0. The van der Waals surface area contributed by atoms with Crippen molar-refractivity contribution >= 4 is 35.0 Å². The van der Waals surface area contributed by atoms with Gasteiger partial charge in [-0.2, -0.15) is 11.8 Å². The largest absolute Gasteiger partial charge is 0.477 e. The summed E-state index contributed by atoms with van der Waals surface area (Å²) >= 11 is 2.76. The number of carbonyl (C=O) groups excluding carboxylic acids is 1. The molecular formula is C13H19NO3S2. The molecule has 0 spiro atoms. The van der Waals surface area contributed by atoms with Crippen molar-refractivity contribution in [2.45, 2.75) is 31.4 Å². The molecule has 1 aromatic heterocycles. The zero-order valence-electron chi connectivity index (χ0n) is 11.4. The minimum atomic E-state index is -0.996. The minimum absolute atomic E-state index is 0.0581. The molecule has 106 valence electrons. The molecule has 0 saturated heterocycles. The molecule has 1 rings (SSSR count). The third-order valence-electron chi connectivity index (χ3n) is 3.33. The van der Waals surface area contributed by atoms with E-state index in [0.29, 0.717) is 11.4 Å². The van der Waals surface area contributed by atoms with Gasteiger partial charge in [0.05, 0.1) is 4.88 Å². The molecule has 0 bridgehead atoms. The van der Waals surface area contributed by atoms with Crippen molar-refractivity contribution in [3.05, 3.63) is 21.9 Å². The summed E-state index contributed by atoms with van der Waals surface area (Å²) in [5.74, 6) is -1.19. The van der Waals surface area contributed by atoms with Crippen LogP contribution in [0.25, 0.3) is 0 Å². The average Bonchev–Trinajstić information content (AvgIpc) is 2.90. The molecule has 2 N–H and O–H groups in total. The Morgan fingerprint density at radius 2 is 1.89 bits per heavy atom. The summed E-state index contributed by atoms with van der Waals surface area (Å²) in [7, 11) is 0. The second kappa shape index (κ2) is 6.96. The van der Waals surface area contributed by atoms with E-state index in [1.165, 1.54) is 6.07 Å². The van der Waals surface area contributed by atoms with Crippen LogP contribution < -0.4 is 5.32 Å². The van der Waals surface area contributed by atoms with Crippen LogP contribution in [-0.4, -0.2) is 34.5 Å². The summed E-state index contributed by atoms with van der Waals surface area (Å²) in [5.41, 5.74) is 0. The molecule has 1 amide bonds. The molecule has 4 nitrogen and oxygen atoms in total. The van der Waals surface area contributed by atoms with Gasteiger partial charge in [-0.3, -0.25) is 4.79 Å². The number of carboxylic acid groups (broad SMARTS) is 1. The number of nitrogens with one attached hydrogen (secondary N) is 1. The van der Waals surface area contributed by atoms with Crippen molar-refractivity contribution in [1.82, 2.24) is 5.32 Å². The van der Waals surface area contributed by atoms with E-state index < -0.39 is 5.97 Å². The third kappa shape index (κ3) is 3.98. The molecule has 0 aliphatic rings. The Bertz CT molecular complexity index is 444. The highest BCUT2D eigenvalue weighted by Gasteiger charge is 2.26. The van der Waals surface area contributed by atoms with Crippen LogP contribution in [0.5, 0.6) is 0 Å². The van der Waals surface area contributed by atoms with Gasteiger partial charge in [0.1, 0.15) is 4.88 Å². The first-order valence-corrected chi connectivity index (χ1v) is 8.18. The number of thiophene rings is 1. The summed E-state index contributed by atoms with van der Waals surface area (Å²) in [4.78, 5) is 23.4. The molecule has 19 heavy (non-hydrogen) atoms. The second-order valence-electron chi connectivity index (χ2n) is 4.25. The topological polar surface area (TPSA) is 66.4 Å². The zero-order chi connectivity index (χ0) is 14.5. The lowest BCUT2D eigenvalue weighted by atomic mass is 10.0. The third-order valence-corrected chi connectivity index (χ3v) is 5.99. The van der Waals surface area contributed by atoms with Gasteiger partial charge in [0.15, 0.2) is 0 Å². The van der Waals surface area contributed by atoms with Crippen LogP contribution in [0, 0.1) is 0 Å². The first-order valence-electron chi connectivity index (χ1n) is 6.14. The smallest absolute Gasteiger partial charge is 0.345 e. The van der Waals surface area contributed by atoms with Crippen LogP contribution in [0.3, 0.4) is 0 Å². The van der Waals surface area contributed by atoms with Crippen LogP contribution in [-0.2, 0) is 0 Å². The van der Waals surface area contributed by atoms with Crippen molar-refractivity contribution in [3.63, 3.8) is 0 Å². The van der Waals surface area contributed by atoms with Crippen LogP contribution in [0.1, 0.15) is 46.0 Å². The minimum Gasteiger partial charge on any atom is -0.477 e. The maximum Gasteiger partial charge on any atom is 0.345 e.